The van der Waals surface area contributed by atoms with Crippen molar-refractivity contribution >= 4 is 23.7 Å². The molecule has 1 heterocycles. The van der Waals surface area contributed by atoms with Crippen LogP contribution < -0.4 is 5.43 Å². The maximum atomic E-state index is 12.9. The minimum absolute atomic E-state index is 0.257. The van der Waals surface area contributed by atoms with Crippen molar-refractivity contribution in [2.75, 3.05) is 0 Å². The fourth-order valence-corrected chi connectivity index (χ4v) is 3.91. The molecule has 1 amide bonds. The number of amides is 1. The standard InChI is InChI=1S/C29H21ClN4O/c30-26-14-8-7-11-24(26)20-31-32-29(35)27-19-28(34(33-27)25-12-5-2-6-13-25)23-17-15-22(16-18-23)21-9-3-1-4-10-21/h1-20H,(H,32,35)/b31-20-. The van der Waals surface area contributed by atoms with E-state index in [1.165, 1.54) is 6.21 Å². The zero-order valence-corrected chi connectivity index (χ0v) is 19.4. The summed E-state index contributed by atoms with van der Waals surface area (Å²) in [6.45, 7) is 0. The van der Waals surface area contributed by atoms with E-state index >= 15 is 0 Å². The van der Waals surface area contributed by atoms with Crippen LogP contribution >= 0.6 is 11.6 Å². The molecule has 0 saturated carbocycles. The van der Waals surface area contributed by atoms with Crippen LogP contribution in [0.3, 0.4) is 0 Å². The Morgan fingerprint density at radius 1 is 0.771 bits per heavy atom. The van der Waals surface area contributed by atoms with E-state index in [4.69, 9.17) is 11.6 Å². The van der Waals surface area contributed by atoms with Crippen molar-refractivity contribution in [3.05, 3.63) is 132 Å². The molecule has 6 heteroatoms. The number of aromatic nitrogens is 2. The number of nitrogens with zero attached hydrogens (tertiary/aromatic N) is 3. The third-order valence-corrected chi connectivity index (χ3v) is 5.85. The number of hydrogen-bond donors (Lipinski definition) is 1. The van der Waals surface area contributed by atoms with Gasteiger partial charge in [0.15, 0.2) is 5.69 Å². The summed E-state index contributed by atoms with van der Waals surface area (Å²) in [5, 5.41) is 9.19. The molecule has 1 N–H and O–H groups in total. The molecule has 170 valence electrons. The minimum atomic E-state index is -0.412. The molecule has 0 unspecified atom stereocenters. The summed E-state index contributed by atoms with van der Waals surface area (Å²) in [6.07, 6.45) is 1.51. The van der Waals surface area contributed by atoms with E-state index in [1.807, 2.05) is 78.9 Å². The summed E-state index contributed by atoms with van der Waals surface area (Å²) in [7, 11) is 0. The summed E-state index contributed by atoms with van der Waals surface area (Å²) >= 11 is 6.15. The molecule has 0 atom stereocenters. The zero-order valence-electron chi connectivity index (χ0n) is 18.7. The number of hydrogen-bond acceptors (Lipinski definition) is 3. The second kappa shape index (κ2) is 10.2. The Bertz CT molecular complexity index is 1480. The lowest BCUT2D eigenvalue weighted by molar-refractivity contribution is 0.0949. The second-order valence-corrected chi connectivity index (χ2v) is 8.23. The summed E-state index contributed by atoms with van der Waals surface area (Å²) in [4.78, 5) is 12.9. The smallest absolute Gasteiger partial charge is 0.265 e. The highest BCUT2D eigenvalue weighted by atomic mass is 35.5. The fraction of sp³-hybridized carbons (Fsp3) is 0. The number of halogens is 1. The summed E-state index contributed by atoms with van der Waals surface area (Å²) in [5.41, 5.74) is 8.38. The lowest BCUT2D eigenvalue weighted by Gasteiger charge is -2.08. The molecular formula is C29H21ClN4O. The monoisotopic (exact) mass is 476 g/mol. The molecular weight excluding hydrogens is 456 g/mol. The number of para-hydroxylation sites is 1. The van der Waals surface area contributed by atoms with Gasteiger partial charge in [0, 0.05) is 16.1 Å². The highest BCUT2D eigenvalue weighted by Crippen LogP contribution is 2.27. The molecule has 0 spiro atoms. The Morgan fingerprint density at radius 2 is 1.37 bits per heavy atom. The topological polar surface area (TPSA) is 59.3 Å². The molecule has 4 aromatic carbocycles. The second-order valence-electron chi connectivity index (χ2n) is 7.83. The van der Waals surface area contributed by atoms with Crippen molar-refractivity contribution < 1.29 is 4.79 Å². The van der Waals surface area contributed by atoms with Crippen molar-refractivity contribution in [3.8, 4) is 28.1 Å². The van der Waals surface area contributed by atoms with Gasteiger partial charge in [0.25, 0.3) is 5.91 Å². The first-order chi connectivity index (χ1) is 17.2. The van der Waals surface area contributed by atoms with Crippen LogP contribution in [-0.2, 0) is 0 Å². The van der Waals surface area contributed by atoms with Crippen molar-refractivity contribution in [2.24, 2.45) is 5.10 Å². The van der Waals surface area contributed by atoms with Crippen LogP contribution in [0, 0.1) is 0 Å². The van der Waals surface area contributed by atoms with Gasteiger partial charge in [0.05, 0.1) is 17.6 Å². The molecule has 0 aliphatic heterocycles. The van der Waals surface area contributed by atoms with Crippen LogP contribution in [0.4, 0.5) is 0 Å². The number of benzene rings is 4. The number of hydrazone groups is 1. The molecule has 5 aromatic rings. The van der Waals surface area contributed by atoms with Crippen LogP contribution in [-0.4, -0.2) is 21.9 Å². The fourth-order valence-electron chi connectivity index (χ4n) is 3.73. The molecule has 0 radical (unpaired) electrons. The maximum Gasteiger partial charge on any atom is 0.291 e. The molecule has 5 rings (SSSR count). The van der Waals surface area contributed by atoms with E-state index in [-0.39, 0.29) is 5.69 Å². The SMILES string of the molecule is O=C(N/N=C\c1ccccc1Cl)c1cc(-c2ccc(-c3ccccc3)cc2)n(-c2ccccc2)n1. The average Bonchev–Trinajstić information content (AvgIpc) is 3.37. The van der Waals surface area contributed by atoms with E-state index in [9.17, 15) is 4.79 Å². The van der Waals surface area contributed by atoms with E-state index in [0.717, 1.165) is 28.1 Å². The summed E-state index contributed by atoms with van der Waals surface area (Å²) in [6, 6.07) is 37.2. The van der Waals surface area contributed by atoms with Gasteiger partial charge in [0.2, 0.25) is 0 Å². The predicted octanol–water partition coefficient (Wildman–Crippen LogP) is 6.62. The van der Waals surface area contributed by atoms with Gasteiger partial charge in [-0.25, -0.2) is 10.1 Å². The van der Waals surface area contributed by atoms with Crippen LogP contribution in [0.1, 0.15) is 16.1 Å². The normalized spacial score (nSPS) is 11.0. The van der Waals surface area contributed by atoms with Crippen molar-refractivity contribution in [1.29, 1.82) is 0 Å². The van der Waals surface area contributed by atoms with Gasteiger partial charge in [-0.3, -0.25) is 4.79 Å². The third kappa shape index (κ3) is 5.05. The molecule has 0 saturated heterocycles. The van der Waals surface area contributed by atoms with Gasteiger partial charge in [-0.05, 0) is 35.4 Å². The number of nitrogens with one attached hydrogen (secondary N) is 1. The highest BCUT2D eigenvalue weighted by Gasteiger charge is 2.16. The Hall–Kier alpha value is -4.48. The van der Waals surface area contributed by atoms with Crippen LogP contribution in [0.5, 0.6) is 0 Å². The van der Waals surface area contributed by atoms with Crippen molar-refractivity contribution in [1.82, 2.24) is 15.2 Å². The predicted molar refractivity (Wildman–Crippen MR) is 141 cm³/mol. The quantitative estimate of drug-likeness (QED) is 0.221. The maximum absolute atomic E-state index is 12.9. The van der Waals surface area contributed by atoms with Gasteiger partial charge in [0.1, 0.15) is 0 Å². The first kappa shape index (κ1) is 22.3. The van der Waals surface area contributed by atoms with Crippen molar-refractivity contribution in [2.45, 2.75) is 0 Å². The Kier molecular flexibility index (Phi) is 6.50. The average molecular weight is 477 g/mol. The molecule has 0 fully saturated rings. The van der Waals surface area contributed by atoms with Crippen LogP contribution in [0.25, 0.3) is 28.1 Å². The molecule has 35 heavy (non-hydrogen) atoms. The first-order valence-corrected chi connectivity index (χ1v) is 11.5. The van der Waals surface area contributed by atoms with Gasteiger partial charge in [-0.15, -0.1) is 0 Å². The molecule has 0 bridgehead atoms. The summed E-state index contributed by atoms with van der Waals surface area (Å²) < 4.78 is 1.77. The van der Waals surface area contributed by atoms with Crippen molar-refractivity contribution in [3.63, 3.8) is 0 Å². The Labute approximate surface area is 208 Å². The molecule has 1 aromatic heterocycles. The van der Waals surface area contributed by atoms with E-state index in [0.29, 0.717) is 10.6 Å². The Morgan fingerprint density at radius 3 is 2.09 bits per heavy atom. The molecule has 0 aliphatic carbocycles. The number of rotatable bonds is 6. The number of carbonyl (C=O) groups excluding carboxylic acids is 1. The van der Waals surface area contributed by atoms with Gasteiger partial charge < -0.3 is 0 Å². The van der Waals surface area contributed by atoms with E-state index in [2.05, 4.69) is 39.9 Å². The Balaban J connectivity index is 1.45. The van der Waals surface area contributed by atoms with E-state index in [1.54, 1.807) is 16.8 Å². The minimum Gasteiger partial charge on any atom is -0.265 e. The first-order valence-electron chi connectivity index (χ1n) is 11.1. The zero-order chi connectivity index (χ0) is 24.0. The largest absolute Gasteiger partial charge is 0.291 e. The van der Waals surface area contributed by atoms with E-state index < -0.39 is 5.91 Å². The van der Waals surface area contributed by atoms with Gasteiger partial charge >= 0.3 is 0 Å². The summed E-state index contributed by atoms with van der Waals surface area (Å²) in [5.74, 6) is -0.412. The highest BCUT2D eigenvalue weighted by molar-refractivity contribution is 6.33. The lowest BCUT2D eigenvalue weighted by atomic mass is 10.0. The van der Waals surface area contributed by atoms with Crippen LogP contribution in [0.15, 0.2) is 120 Å². The third-order valence-electron chi connectivity index (χ3n) is 5.51. The lowest BCUT2D eigenvalue weighted by Crippen LogP contribution is -2.18. The number of carbonyl (C=O) groups is 1. The van der Waals surface area contributed by atoms with Gasteiger partial charge in [-0.1, -0.05) is 103 Å². The van der Waals surface area contributed by atoms with Crippen LogP contribution in [0.2, 0.25) is 5.02 Å². The molecule has 0 aliphatic rings. The van der Waals surface area contributed by atoms with Gasteiger partial charge in [-0.2, -0.15) is 10.2 Å². The molecule has 5 nitrogen and oxygen atoms in total.